The zero-order chi connectivity index (χ0) is 20.6. The average Bonchev–Trinajstić information content (AvgIpc) is 2.45. The van der Waals surface area contributed by atoms with Crippen molar-refractivity contribution in [2.24, 2.45) is 0 Å². The summed E-state index contributed by atoms with van der Waals surface area (Å²) in [5.41, 5.74) is 3.71. The van der Waals surface area contributed by atoms with Crippen LogP contribution in [-0.4, -0.2) is 11.1 Å². The van der Waals surface area contributed by atoms with Gasteiger partial charge in [0, 0.05) is 0 Å². The van der Waals surface area contributed by atoms with E-state index in [-0.39, 0.29) is 167 Å². The summed E-state index contributed by atoms with van der Waals surface area (Å²) in [5, 5.41) is 0. The summed E-state index contributed by atoms with van der Waals surface area (Å²) >= 11 is 0. The summed E-state index contributed by atoms with van der Waals surface area (Å²) in [6, 6.07) is 0. The Morgan fingerprint density at radius 1 is 0.828 bits per heavy atom. The largest absolute Gasteiger partial charge is 1.00 e. The van der Waals surface area contributed by atoms with E-state index in [1.165, 1.54) is 11.1 Å². The molecule has 0 aliphatic rings. The van der Waals surface area contributed by atoms with Crippen LogP contribution in [0.15, 0.2) is 34.9 Å². The van der Waals surface area contributed by atoms with Crippen molar-refractivity contribution in [1.29, 1.82) is 0 Å². The second kappa shape index (κ2) is 19.8. The maximum atomic E-state index is 12.1. The van der Waals surface area contributed by atoms with Crippen LogP contribution in [0.3, 0.4) is 0 Å². The molecular weight excluding hydrogens is 487 g/mol. The first-order chi connectivity index (χ1) is 11.7. The second-order valence-electron chi connectivity index (χ2n) is 7.64. The van der Waals surface area contributed by atoms with Gasteiger partial charge in [-0.25, -0.2) is 0 Å². The Kier molecular flexibility index (Phi) is 27.8. The van der Waals surface area contributed by atoms with Gasteiger partial charge in [0.05, 0.1) is 12.3 Å². The summed E-state index contributed by atoms with van der Waals surface area (Å²) in [4.78, 5) is 43.5. The number of hydrogen-bond donors (Lipinski definition) is 0. The predicted octanol–water partition coefficient (Wildman–Crippen LogP) is -5.97. The van der Waals surface area contributed by atoms with Crippen molar-refractivity contribution < 1.29 is 178 Å². The summed E-state index contributed by atoms with van der Waals surface area (Å²) in [6.45, 7) is 10.2. The Bertz CT molecular complexity index is 593. The molecule has 0 aliphatic heterocycles. The fraction of sp³-hybridized carbons (Fsp3) is 0.684. The summed E-state index contributed by atoms with van der Waals surface area (Å²) < 4.78 is 12.1. The molecule has 0 aromatic carbocycles. The molecule has 1 atom stereocenters. The standard InChI is InChI=1S/C19H36O5P2.3K/c1-16(2)10-7-11-17(3)12-8-13-18(4)14-9-15-25(20,21)19(5,6)26(22,23)24;;;/h10,12,14H,7-9,11,13,15H2,1-6H3,(H,20,21)(H2,22,23,24);;;/q;3*+1/p-3/b17-12+,18-14+;;;. The predicted molar refractivity (Wildman–Crippen MR) is 104 cm³/mol. The Hall–Kier alpha value is 4.63. The van der Waals surface area contributed by atoms with Crippen LogP contribution in [0.4, 0.5) is 0 Å². The molecule has 152 valence electrons. The van der Waals surface area contributed by atoms with Crippen molar-refractivity contribution in [2.75, 3.05) is 6.16 Å². The van der Waals surface area contributed by atoms with E-state index in [4.69, 9.17) is 0 Å². The Labute approximate surface area is 306 Å². The molecule has 0 spiro atoms. The molecule has 10 heteroatoms. The van der Waals surface area contributed by atoms with E-state index in [2.05, 4.69) is 32.9 Å². The third-order valence-electron chi connectivity index (χ3n) is 4.54. The van der Waals surface area contributed by atoms with E-state index >= 15 is 0 Å². The minimum Gasteiger partial charge on any atom is -0.796 e. The summed E-state index contributed by atoms with van der Waals surface area (Å²) in [5.74, 6) is 0. The SMILES string of the molecule is CC(C)=CCC/C(C)=C/CC/C(C)=C/CCP(=O)([O-])C(C)(C)[P+]([O-])([O-])[O-].[K+].[K+].[K+]. The molecule has 0 aromatic heterocycles. The molecule has 0 radical (unpaired) electrons. The van der Waals surface area contributed by atoms with Crippen LogP contribution in [0.25, 0.3) is 0 Å². The molecule has 0 N–H and O–H groups in total. The molecule has 0 amide bonds. The maximum Gasteiger partial charge on any atom is 1.00 e. The summed E-state index contributed by atoms with van der Waals surface area (Å²) in [6.07, 6.45) is 9.92. The molecule has 0 saturated carbocycles. The van der Waals surface area contributed by atoms with E-state index in [0.29, 0.717) is 0 Å². The van der Waals surface area contributed by atoms with E-state index in [0.717, 1.165) is 45.1 Å². The van der Waals surface area contributed by atoms with Gasteiger partial charge in [-0.15, -0.1) is 0 Å². The van der Waals surface area contributed by atoms with Gasteiger partial charge in [-0.3, -0.25) is 0 Å². The van der Waals surface area contributed by atoms with Crippen molar-refractivity contribution in [1.82, 2.24) is 0 Å². The molecule has 0 aliphatic carbocycles. The fourth-order valence-corrected chi connectivity index (χ4v) is 5.09. The van der Waals surface area contributed by atoms with Crippen molar-refractivity contribution in [2.45, 2.75) is 78.5 Å². The molecule has 0 saturated heterocycles. The number of rotatable bonds is 11. The molecule has 0 heterocycles. The van der Waals surface area contributed by atoms with Gasteiger partial charge in [-0.1, -0.05) is 34.9 Å². The molecule has 0 rings (SSSR count). The Morgan fingerprint density at radius 2 is 1.21 bits per heavy atom. The minimum absolute atomic E-state index is 0. The van der Waals surface area contributed by atoms with Gasteiger partial charge in [0.1, 0.15) is 0 Å². The first-order valence-electron chi connectivity index (χ1n) is 8.97. The van der Waals surface area contributed by atoms with Crippen molar-refractivity contribution >= 4 is 15.3 Å². The summed E-state index contributed by atoms with van der Waals surface area (Å²) in [7, 11) is -9.54. The van der Waals surface area contributed by atoms with Gasteiger partial charge >= 0.3 is 154 Å². The van der Waals surface area contributed by atoms with Crippen molar-refractivity contribution in [3.05, 3.63) is 34.9 Å². The first kappa shape index (κ1) is 40.8. The molecule has 0 bridgehead atoms. The molecule has 0 aromatic rings. The van der Waals surface area contributed by atoms with Gasteiger partial charge in [0.25, 0.3) is 0 Å². The van der Waals surface area contributed by atoms with Crippen LogP contribution in [-0.2, 0) is 4.57 Å². The van der Waals surface area contributed by atoms with Gasteiger partial charge in [0.2, 0.25) is 0 Å². The Balaban J connectivity index is -0.00000104. The molecule has 5 nitrogen and oxygen atoms in total. The third-order valence-corrected chi connectivity index (χ3v) is 10.0. The number of allylic oxidation sites excluding steroid dienone is 6. The van der Waals surface area contributed by atoms with Crippen LogP contribution in [0.5, 0.6) is 0 Å². The van der Waals surface area contributed by atoms with E-state index < -0.39 is 20.2 Å². The molecular formula is C19H33K3O5P2. The zero-order valence-electron chi connectivity index (χ0n) is 19.9. The van der Waals surface area contributed by atoms with Crippen molar-refractivity contribution in [3.63, 3.8) is 0 Å². The average molecular weight is 521 g/mol. The van der Waals surface area contributed by atoms with Gasteiger partial charge in [-0.2, -0.15) is 7.94 Å². The van der Waals surface area contributed by atoms with E-state index in [9.17, 15) is 24.1 Å². The van der Waals surface area contributed by atoms with Crippen LogP contribution in [0, 0.1) is 0 Å². The van der Waals surface area contributed by atoms with Crippen molar-refractivity contribution in [3.8, 4) is 0 Å². The van der Waals surface area contributed by atoms with E-state index in [1.807, 2.05) is 13.0 Å². The topological polar surface area (TPSA) is 109 Å². The molecule has 29 heavy (non-hydrogen) atoms. The zero-order valence-corrected chi connectivity index (χ0v) is 31.1. The van der Waals surface area contributed by atoms with Crippen LogP contribution in [0.2, 0.25) is 0 Å². The first-order valence-corrected chi connectivity index (χ1v) is 12.3. The smallest absolute Gasteiger partial charge is 0.796 e. The van der Waals surface area contributed by atoms with E-state index in [1.54, 1.807) is 0 Å². The number of hydrogen-bond acceptors (Lipinski definition) is 5. The van der Waals surface area contributed by atoms with Gasteiger partial charge in [-0.05, 0) is 79.8 Å². The quantitative estimate of drug-likeness (QED) is 0.153. The second-order valence-corrected chi connectivity index (χ2v) is 13.0. The normalized spacial score (nSPS) is 14.7. The minimum atomic E-state index is -5.21. The van der Waals surface area contributed by atoms with Crippen LogP contribution >= 0.6 is 15.3 Å². The third kappa shape index (κ3) is 17.7. The molecule has 1 unspecified atom stereocenters. The van der Waals surface area contributed by atoms with Gasteiger partial charge in [0.15, 0.2) is 0 Å². The maximum absolute atomic E-state index is 12.1. The van der Waals surface area contributed by atoms with Crippen LogP contribution in [0.1, 0.15) is 73.6 Å². The van der Waals surface area contributed by atoms with Gasteiger partial charge < -0.3 is 24.1 Å². The molecule has 0 fully saturated rings. The monoisotopic (exact) mass is 520 g/mol. The van der Waals surface area contributed by atoms with Crippen LogP contribution < -0.4 is 174 Å². The Morgan fingerprint density at radius 3 is 1.59 bits per heavy atom. The fourth-order valence-electron chi connectivity index (χ4n) is 2.28.